The van der Waals surface area contributed by atoms with E-state index in [0.717, 1.165) is 10.4 Å². The summed E-state index contributed by atoms with van der Waals surface area (Å²) in [7, 11) is 0. The fraction of sp³-hybridized carbons (Fsp3) is 0.294. The molecular weight excluding hydrogens is 380 g/mol. The van der Waals surface area contributed by atoms with Gasteiger partial charge in [-0.15, -0.1) is 11.3 Å². The third-order valence-electron chi connectivity index (χ3n) is 3.42. The Morgan fingerprint density at radius 3 is 2.54 bits per heavy atom. The Labute approximate surface area is 159 Å². The number of ether oxygens (including phenoxy) is 2. The molecule has 0 aliphatic rings. The highest BCUT2D eigenvalue weighted by atomic mass is 35.5. The average molecular weight is 397 g/mol. The van der Waals surface area contributed by atoms with E-state index in [2.05, 4.69) is 10.3 Å². The number of carbonyl (C=O) groups excluding carboxylic acids is 3. The number of halogens is 1. The Morgan fingerprint density at radius 1 is 1.19 bits per heavy atom. The predicted octanol–water partition coefficient (Wildman–Crippen LogP) is 3.39. The molecule has 0 spiro atoms. The summed E-state index contributed by atoms with van der Waals surface area (Å²) >= 11 is 6.91. The van der Waals surface area contributed by atoms with Crippen molar-refractivity contribution in [3.63, 3.8) is 0 Å². The van der Waals surface area contributed by atoms with Gasteiger partial charge >= 0.3 is 11.9 Å². The van der Waals surface area contributed by atoms with Crippen LogP contribution in [0.25, 0.3) is 0 Å². The number of aromatic nitrogens is 1. The summed E-state index contributed by atoms with van der Waals surface area (Å²) in [5, 5.41) is 3.21. The Balaban J connectivity index is 2.01. The van der Waals surface area contributed by atoms with Crippen molar-refractivity contribution in [1.29, 1.82) is 0 Å². The first-order chi connectivity index (χ1) is 12.3. The van der Waals surface area contributed by atoms with Gasteiger partial charge in [0.25, 0.3) is 5.91 Å². The van der Waals surface area contributed by atoms with Crippen molar-refractivity contribution in [2.24, 2.45) is 0 Å². The standard InChI is InChI=1S/C17H17ClN2O5S/c1-4-24-17(23)14-9(2)10(3)26-15(14)20-13(21)8-25-16(22)11-5-6-12(18)19-7-11/h5-7H,4,8H2,1-3H3,(H,20,21). The second-order valence-electron chi connectivity index (χ2n) is 5.20. The van der Waals surface area contributed by atoms with E-state index in [9.17, 15) is 14.4 Å². The van der Waals surface area contributed by atoms with Gasteiger partial charge in [0.05, 0.1) is 17.7 Å². The van der Waals surface area contributed by atoms with Gasteiger partial charge in [-0.05, 0) is 38.5 Å². The minimum absolute atomic E-state index is 0.178. The molecule has 0 aliphatic heterocycles. The first kappa shape index (κ1) is 19.9. The number of esters is 2. The van der Waals surface area contributed by atoms with Crippen molar-refractivity contribution in [3.05, 3.63) is 45.1 Å². The predicted molar refractivity (Wildman–Crippen MR) is 97.9 cm³/mol. The largest absolute Gasteiger partial charge is 0.462 e. The van der Waals surface area contributed by atoms with Crippen LogP contribution >= 0.6 is 22.9 Å². The molecule has 0 bridgehead atoms. The van der Waals surface area contributed by atoms with Crippen molar-refractivity contribution in [2.75, 3.05) is 18.5 Å². The Morgan fingerprint density at radius 2 is 1.92 bits per heavy atom. The van der Waals surface area contributed by atoms with E-state index in [1.165, 1.54) is 29.7 Å². The lowest BCUT2D eigenvalue weighted by Crippen LogP contribution is -2.21. The maximum absolute atomic E-state index is 12.1. The van der Waals surface area contributed by atoms with Crippen LogP contribution in [0.1, 0.15) is 38.1 Å². The maximum atomic E-state index is 12.1. The van der Waals surface area contributed by atoms with Crippen molar-refractivity contribution in [3.8, 4) is 0 Å². The molecule has 0 unspecified atom stereocenters. The number of anilines is 1. The minimum atomic E-state index is -0.700. The van der Waals surface area contributed by atoms with Crippen LogP contribution in [0.4, 0.5) is 5.00 Å². The molecule has 2 heterocycles. The third kappa shape index (κ3) is 4.80. The number of nitrogens with zero attached hydrogens (tertiary/aromatic N) is 1. The van der Waals surface area contributed by atoms with E-state index in [1.54, 1.807) is 13.8 Å². The molecule has 1 N–H and O–H groups in total. The Bertz CT molecular complexity index is 832. The summed E-state index contributed by atoms with van der Waals surface area (Å²) in [5.41, 5.74) is 1.24. The van der Waals surface area contributed by atoms with Gasteiger partial charge in [-0.1, -0.05) is 11.6 Å². The highest BCUT2D eigenvalue weighted by Crippen LogP contribution is 2.33. The molecule has 26 heavy (non-hydrogen) atoms. The first-order valence-corrected chi connectivity index (χ1v) is 8.88. The number of hydrogen-bond acceptors (Lipinski definition) is 7. The summed E-state index contributed by atoms with van der Waals surface area (Å²) in [6, 6.07) is 2.89. The summed E-state index contributed by atoms with van der Waals surface area (Å²) < 4.78 is 9.96. The number of amides is 1. The summed E-state index contributed by atoms with van der Waals surface area (Å²) in [4.78, 5) is 40.7. The van der Waals surface area contributed by atoms with Crippen LogP contribution in [0.5, 0.6) is 0 Å². The van der Waals surface area contributed by atoms with Gasteiger partial charge in [0.1, 0.15) is 10.2 Å². The molecule has 1 amide bonds. The van der Waals surface area contributed by atoms with Crippen molar-refractivity contribution >= 4 is 45.8 Å². The monoisotopic (exact) mass is 396 g/mol. The lowest BCUT2D eigenvalue weighted by Gasteiger charge is -2.08. The fourth-order valence-corrected chi connectivity index (χ4v) is 3.21. The number of thiophene rings is 1. The lowest BCUT2D eigenvalue weighted by atomic mass is 10.1. The number of aryl methyl sites for hydroxylation is 1. The van der Waals surface area contributed by atoms with Gasteiger partial charge in [0.15, 0.2) is 6.61 Å². The molecule has 138 valence electrons. The minimum Gasteiger partial charge on any atom is -0.462 e. The Hall–Kier alpha value is -2.45. The van der Waals surface area contributed by atoms with Gasteiger partial charge in [0.2, 0.25) is 0 Å². The highest BCUT2D eigenvalue weighted by Gasteiger charge is 2.22. The quantitative estimate of drug-likeness (QED) is 0.594. The van der Waals surface area contributed by atoms with Crippen molar-refractivity contribution in [1.82, 2.24) is 4.98 Å². The fourth-order valence-electron chi connectivity index (χ4n) is 2.04. The van der Waals surface area contributed by atoms with Crippen molar-refractivity contribution in [2.45, 2.75) is 20.8 Å². The van der Waals surface area contributed by atoms with Crippen LogP contribution in [0.2, 0.25) is 5.15 Å². The molecule has 9 heteroatoms. The van der Waals surface area contributed by atoms with Crippen LogP contribution in [0, 0.1) is 13.8 Å². The van der Waals surface area contributed by atoms with Gasteiger partial charge in [0, 0.05) is 11.1 Å². The van der Waals surface area contributed by atoms with Gasteiger partial charge in [-0.25, -0.2) is 14.6 Å². The summed E-state index contributed by atoms with van der Waals surface area (Å²) in [5.74, 6) is -1.77. The molecule has 2 rings (SSSR count). The van der Waals surface area contributed by atoms with Gasteiger partial charge in [-0.2, -0.15) is 0 Å². The lowest BCUT2D eigenvalue weighted by molar-refractivity contribution is -0.119. The van der Waals surface area contributed by atoms with Crippen LogP contribution in [-0.2, 0) is 14.3 Å². The molecular formula is C17H17ClN2O5S. The third-order valence-corrected chi connectivity index (χ3v) is 4.76. The zero-order valence-electron chi connectivity index (χ0n) is 14.4. The molecule has 7 nitrogen and oxygen atoms in total. The van der Waals surface area contributed by atoms with E-state index < -0.39 is 24.5 Å². The van der Waals surface area contributed by atoms with Crippen LogP contribution in [-0.4, -0.2) is 36.0 Å². The summed E-state index contributed by atoms with van der Waals surface area (Å²) in [6.45, 7) is 5.05. The molecule has 2 aromatic heterocycles. The van der Waals surface area contributed by atoms with Crippen LogP contribution in [0.3, 0.4) is 0 Å². The van der Waals surface area contributed by atoms with E-state index in [0.29, 0.717) is 10.6 Å². The van der Waals surface area contributed by atoms with E-state index in [4.69, 9.17) is 21.1 Å². The number of carbonyl (C=O) groups is 3. The molecule has 0 saturated carbocycles. The Kier molecular flexibility index (Phi) is 6.70. The maximum Gasteiger partial charge on any atom is 0.341 e. The van der Waals surface area contributed by atoms with E-state index in [1.807, 2.05) is 6.92 Å². The van der Waals surface area contributed by atoms with Gasteiger partial charge < -0.3 is 14.8 Å². The zero-order chi connectivity index (χ0) is 19.3. The van der Waals surface area contributed by atoms with Crippen molar-refractivity contribution < 1.29 is 23.9 Å². The molecule has 0 atom stereocenters. The molecule has 0 aliphatic carbocycles. The molecule has 0 fully saturated rings. The second-order valence-corrected chi connectivity index (χ2v) is 6.81. The number of hydrogen-bond donors (Lipinski definition) is 1. The number of rotatable bonds is 6. The summed E-state index contributed by atoms with van der Waals surface area (Å²) in [6.07, 6.45) is 1.26. The second kappa shape index (κ2) is 8.77. The molecule has 2 aromatic rings. The number of nitrogens with one attached hydrogen (secondary N) is 1. The normalized spacial score (nSPS) is 10.3. The molecule has 0 radical (unpaired) electrons. The molecule has 0 aromatic carbocycles. The smallest absolute Gasteiger partial charge is 0.341 e. The highest BCUT2D eigenvalue weighted by molar-refractivity contribution is 7.16. The van der Waals surface area contributed by atoms with Gasteiger partial charge in [-0.3, -0.25) is 4.79 Å². The van der Waals surface area contributed by atoms with E-state index >= 15 is 0 Å². The first-order valence-electron chi connectivity index (χ1n) is 7.69. The SMILES string of the molecule is CCOC(=O)c1c(NC(=O)COC(=O)c2ccc(Cl)nc2)sc(C)c1C. The molecule has 0 saturated heterocycles. The average Bonchev–Trinajstić information content (AvgIpc) is 2.87. The van der Waals surface area contributed by atoms with E-state index in [-0.39, 0.29) is 17.3 Å². The zero-order valence-corrected chi connectivity index (χ0v) is 16.0. The van der Waals surface area contributed by atoms with Crippen LogP contribution in [0.15, 0.2) is 18.3 Å². The number of pyridine rings is 1. The topological polar surface area (TPSA) is 94.6 Å². The van der Waals surface area contributed by atoms with Crippen LogP contribution < -0.4 is 5.32 Å².